The van der Waals surface area contributed by atoms with Gasteiger partial charge in [-0.15, -0.1) is 13.2 Å². The van der Waals surface area contributed by atoms with Crippen molar-refractivity contribution in [2.45, 2.75) is 19.3 Å². The average Bonchev–Trinajstić information content (AvgIpc) is 2.71. The molecule has 10 heteroatoms. The molecule has 7 nitrogen and oxygen atoms in total. The van der Waals surface area contributed by atoms with Crippen LogP contribution in [0.1, 0.15) is 6.92 Å². The molecule has 3 aromatic rings. The number of hydrogen-bond acceptors (Lipinski definition) is 6. The van der Waals surface area contributed by atoms with Crippen molar-refractivity contribution in [3.63, 3.8) is 0 Å². The molecule has 0 unspecified atom stereocenters. The van der Waals surface area contributed by atoms with Crippen molar-refractivity contribution in [1.82, 2.24) is 5.32 Å². The lowest BCUT2D eigenvalue weighted by Gasteiger charge is -2.13. The summed E-state index contributed by atoms with van der Waals surface area (Å²) in [6.07, 6.45) is -4.92. The SMILES string of the molecule is C[C@@H](CO)NC(=O)COc1ccc2cc(-c3ccccc3OC(F)(F)F)c(=O)oc2c1. The fourth-order valence-electron chi connectivity index (χ4n) is 2.78. The highest BCUT2D eigenvalue weighted by atomic mass is 19.4. The van der Waals surface area contributed by atoms with E-state index in [-0.39, 0.29) is 35.7 Å². The Morgan fingerprint density at radius 2 is 1.90 bits per heavy atom. The molecule has 1 atom stereocenters. The number of benzene rings is 2. The van der Waals surface area contributed by atoms with Crippen LogP contribution in [0.5, 0.6) is 11.5 Å². The fourth-order valence-corrected chi connectivity index (χ4v) is 2.78. The Balaban J connectivity index is 1.87. The summed E-state index contributed by atoms with van der Waals surface area (Å²) in [5.41, 5.74) is -0.897. The molecule has 0 aliphatic carbocycles. The first kappa shape index (κ1) is 22.2. The lowest BCUT2D eigenvalue weighted by atomic mass is 10.0. The van der Waals surface area contributed by atoms with Gasteiger partial charge in [0.1, 0.15) is 17.1 Å². The molecule has 164 valence electrons. The highest BCUT2D eigenvalue weighted by Gasteiger charge is 2.32. The van der Waals surface area contributed by atoms with Crippen LogP contribution in [-0.2, 0) is 4.79 Å². The molecule has 0 bridgehead atoms. The molecule has 0 radical (unpaired) electrons. The van der Waals surface area contributed by atoms with Crippen LogP contribution in [0.4, 0.5) is 13.2 Å². The van der Waals surface area contributed by atoms with Crippen molar-refractivity contribution < 1.29 is 37.0 Å². The van der Waals surface area contributed by atoms with E-state index in [2.05, 4.69) is 10.1 Å². The molecule has 0 aliphatic heterocycles. The number of aliphatic hydroxyl groups is 1. The standard InChI is InChI=1S/C21H18F3NO6/c1-12(10-26)25-19(27)11-29-14-7-6-13-8-16(20(28)30-18(13)9-14)15-4-2-3-5-17(15)31-21(22,23)24/h2-9,12,26H,10-11H2,1H3,(H,25,27)/t12-/m0/s1. The number of alkyl halides is 3. The molecule has 3 rings (SSSR count). The van der Waals surface area contributed by atoms with Crippen molar-refractivity contribution in [2.75, 3.05) is 13.2 Å². The Kier molecular flexibility index (Phi) is 6.50. The zero-order chi connectivity index (χ0) is 22.6. The van der Waals surface area contributed by atoms with Gasteiger partial charge in [0.25, 0.3) is 5.91 Å². The first-order valence-electron chi connectivity index (χ1n) is 9.12. The van der Waals surface area contributed by atoms with Crippen LogP contribution < -0.4 is 20.4 Å². The summed E-state index contributed by atoms with van der Waals surface area (Å²) in [5, 5.41) is 11.9. The normalized spacial score (nSPS) is 12.4. The fraction of sp³-hybridized carbons (Fsp3) is 0.238. The second-order valence-electron chi connectivity index (χ2n) is 6.63. The Morgan fingerprint density at radius 1 is 1.16 bits per heavy atom. The van der Waals surface area contributed by atoms with Crippen molar-refractivity contribution in [3.05, 3.63) is 59.0 Å². The molecule has 2 N–H and O–H groups in total. The second kappa shape index (κ2) is 9.09. The minimum Gasteiger partial charge on any atom is -0.484 e. The van der Waals surface area contributed by atoms with E-state index in [0.717, 1.165) is 6.07 Å². The predicted molar refractivity (Wildman–Crippen MR) is 105 cm³/mol. The number of rotatable bonds is 7. The minimum absolute atomic E-state index is 0.0644. The Labute approximate surface area is 174 Å². The number of ether oxygens (including phenoxy) is 2. The number of carbonyl (C=O) groups excluding carboxylic acids is 1. The Morgan fingerprint density at radius 3 is 2.61 bits per heavy atom. The van der Waals surface area contributed by atoms with Gasteiger partial charge < -0.3 is 24.3 Å². The van der Waals surface area contributed by atoms with Crippen molar-refractivity contribution >= 4 is 16.9 Å². The van der Waals surface area contributed by atoms with Gasteiger partial charge in [-0.2, -0.15) is 0 Å². The molecule has 1 amide bonds. The van der Waals surface area contributed by atoms with Crippen LogP contribution in [-0.4, -0.2) is 36.6 Å². The Hall–Kier alpha value is -3.53. The van der Waals surface area contributed by atoms with Gasteiger partial charge in [-0.25, -0.2) is 4.79 Å². The van der Waals surface area contributed by atoms with Crippen molar-refractivity contribution in [2.24, 2.45) is 0 Å². The smallest absolute Gasteiger partial charge is 0.484 e. The van der Waals surface area contributed by atoms with Crippen LogP contribution in [0.3, 0.4) is 0 Å². The van der Waals surface area contributed by atoms with Gasteiger partial charge >= 0.3 is 12.0 Å². The molecule has 2 aromatic carbocycles. The first-order chi connectivity index (χ1) is 14.7. The van der Waals surface area contributed by atoms with Gasteiger partial charge in [0.15, 0.2) is 6.61 Å². The maximum atomic E-state index is 12.7. The molecule has 0 saturated heterocycles. The number of halogens is 3. The van der Waals surface area contributed by atoms with Crippen molar-refractivity contribution in [1.29, 1.82) is 0 Å². The number of amides is 1. The molecule has 31 heavy (non-hydrogen) atoms. The van der Waals surface area contributed by atoms with Gasteiger partial charge in [-0.05, 0) is 31.2 Å². The molecule has 0 aliphatic rings. The van der Waals surface area contributed by atoms with Gasteiger partial charge in [0.05, 0.1) is 12.2 Å². The van der Waals surface area contributed by atoms with E-state index in [4.69, 9.17) is 14.3 Å². The first-order valence-corrected chi connectivity index (χ1v) is 9.12. The molecule has 0 saturated carbocycles. The molecular formula is C21H18F3NO6. The highest BCUT2D eigenvalue weighted by Crippen LogP contribution is 2.33. The van der Waals surface area contributed by atoms with E-state index in [9.17, 15) is 22.8 Å². The summed E-state index contributed by atoms with van der Waals surface area (Å²) in [6, 6.07) is 10.7. The van der Waals surface area contributed by atoms with Gasteiger partial charge in [-0.1, -0.05) is 18.2 Å². The molecule has 0 spiro atoms. The van der Waals surface area contributed by atoms with Gasteiger partial charge in [0.2, 0.25) is 0 Å². The third kappa shape index (κ3) is 5.76. The summed E-state index contributed by atoms with van der Waals surface area (Å²) in [5.74, 6) is -0.722. The number of hydrogen-bond donors (Lipinski definition) is 2. The van der Waals surface area contributed by atoms with E-state index >= 15 is 0 Å². The lowest BCUT2D eigenvalue weighted by Crippen LogP contribution is -2.38. The Bertz CT molecular complexity index is 1140. The van der Waals surface area contributed by atoms with Crippen LogP contribution >= 0.6 is 0 Å². The van der Waals surface area contributed by atoms with Crippen LogP contribution in [0, 0.1) is 0 Å². The number of nitrogens with one attached hydrogen (secondary N) is 1. The second-order valence-corrected chi connectivity index (χ2v) is 6.63. The molecule has 1 heterocycles. The number of para-hydroxylation sites is 1. The van der Waals surface area contributed by atoms with Gasteiger partial charge in [-0.3, -0.25) is 4.79 Å². The maximum Gasteiger partial charge on any atom is 0.573 e. The van der Waals surface area contributed by atoms with E-state index in [1.807, 2.05) is 0 Å². The number of carbonyl (C=O) groups is 1. The van der Waals surface area contributed by atoms with Crippen molar-refractivity contribution in [3.8, 4) is 22.6 Å². The van der Waals surface area contributed by atoms with Gasteiger partial charge in [0, 0.05) is 23.1 Å². The maximum absolute atomic E-state index is 12.7. The van der Waals surface area contributed by atoms with Crippen LogP contribution in [0.15, 0.2) is 57.7 Å². The minimum atomic E-state index is -4.92. The molecule has 1 aromatic heterocycles. The van der Waals surface area contributed by atoms with Crippen LogP contribution in [0.2, 0.25) is 0 Å². The average molecular weight is 437 g/mol. The topological polar surface area (TPSA) is 98.0 Å². The number of fused-ring (bicyclic) bond motifs is 1. The summed E-state index contributed by atoms with van der Waals surface area (Å²) < 4.78 is 52.6. The number of aliphatic hydroxyl groups excluding tert-OH is 1. The predicted octanol–water partition coefficient (Wildman–Crippen LogP) is 3.23. The molecule has 0 fully saturated rings. The zero-order valence-electron chi connectivity index (χ0n) is 16.2. The lowest BCUT2D eigenvalue weighted by molar-refractivity contribution is -0.274. The zero-order valence-corrected chi connectivity index (χ0v) is 16.2. The van der Waals surface area contributed by atoms with E-state index in [1.54, 1.807) is 13.0 Å². The third-order valence-corrected chi connectivity index (χ3v) is 4.16. The summed E-state index contributed by atoms with van der Waals surface area (Å²) in [6.45, 7) is 1.09. The highest BCUT2D eigenvalue weighted by molar-refractivity contribution is 5.84. The quantitative estimate of drug-likeness (QED) is 0.551. The van der Waals surface area contributed by atoms with Crippen LogP contribution in [0.25, 0.3) is 22.1 Å². The van der Waals surface area contributed by atoms with E-state index in [0.29, 0.717) is 5.39 Å². The summed E-state index contributed by atoms with van der Waals surface area (Å²) >= 11 is 0. The van der Waals surface area contributed by atoms with E-state index < -0.39 is 29.7 Å². The van der Waals surface area contributed by atoms with E-state index in [1.165, 1.54) is 36.4 Å². The third-order valence-electron chi connectivity index (χ3n) is 4.16. The summed E-state index contributed by atoms with van der Waals surface area (Å²) in [7, 11) is 0. The largest absolute Gasteiger partial charge is 0.573 e. The monoisotopic (exact) mass is 437 g/mol. The summed E-state index contributed by atoms with van der Waals surface area (Å²) in [4.78, 5) is 24.2. The molecular weight excluding hydrogens is 419 g/mol.